The van der Waals surface area contributed by atoms with E-state index in [1.807, 2.05) is 0 Å². The highest BCUT2D eigenvalue weighted by molar-refractivity contribution is 8.00. The molecule has 1 aliphatic heterocycles. The molecule has 2 N–H and O–H groups in total. The molecule has 8 heteroatoms. The number of benzene rings is 1. The van der Waals surface area contributed by atoms with Crippen molar-refractivity contribution in [3.8, 4) is 5.75 Å². The number of amides is 2. The van der Waals surface area contributed by atoms with Gasteiger partial charge in [-0.2, -0.15) is 0 Å². The molecule has 2 amide bonds. The summed E-state index contributed by atoms with van der Waals surface area (Å²) >= 11 is 0.966. The number of aromatic hydroxyl groups is 1. The summed E-state index contributed by atoms with van der Waals surface area (Å²) in [5.41, 5.74) is 0.358. The monoisotopic (exact) mass is 344 g/mol. The van der Waals surface area contributed by atoms with Crippen molar-refractivity contribution in [2.24, 2.45) is 0 Å². The van der Waals surface area contributed by atoms with E-state index < -0.39 is 17.1 Å². The van der Waals surface area contributed by atoms with Gasteiger partial charge in [0.1, 0.15) is 10.8 Å². The van der Waals surface area contributed by atoms with Gasteiger partial charge in [-0.15, -0.1) is 0 Å². The van der Waals surface area contributed by atoms with Gasteiger partial charge in [-0.3, -0.25) is 9.59 Å². The van der Waals surface area contributed by atoms with Crippen LogP contribution in [0.2, 0.25) is 0 Å². The van der Waals surface area contributed by atoms with Crippen molar-refractivity contribution in [2.75, 3.05) is 4.90 Å². The molecule has 1 aromatic carbocycles. The molecular weight excluding hydrogens is 332 g/mol. The third-order valence-electron chi connectivity index (χ3n) is 3.47. The van der Waals surface area contributed by atoms with Crippen LogP contribution in [0.4, 0.5) is 5.69 Å². The SMILES string of the molecule is O=C(O)c1cccnc1S[C@H]1CC(=O)N(c2ccc(O)cc2)C1=O. The Bertz CT molecular complexity index is 821. The van der Waals surface area contributed by atoms with E-state index in [4.69, 9.17) is 0 Å². The molecule has 1 saturated heterocycles. The number of anilines is 1. The lowest BCUT2D eigenvalue weighted by molar-refractivity contribution is -0.121. The van der Waals surface area contributed by atoms with E-state index in [1.54, 1.807) is 0 Å². The van der Waals surface area contributed by atoms with Crippen LogP contribution in [0.5, 0.6) is 5.75 Å². The maximum atomic E-state index is 12.5. The second kappa shape index (κ2) is 6.32. The molecule has 0 saturated carbocycles. The summed E-state index contributed by atoms with van der Waals surface area (Å²) in [6.45, 7) is 0. The second-order valence-electron chi connectivity index (χ2n) is 5.06. The third kappa shape index (κ3) is 2.95. The molecule has 0 bridgehead atoms. The Morgan fingerprint density at radius 3 is 2.58 bits per heavy atom. The predicted molar refractivity (Wildman–Crippen MR) is 86.1 cm³/mol. The normalized spacial score (nSPS) is 17.3. The van der Waals surface area contributed by atoms with Crippen LogP contribution in [0.3, 0.4) is 0 Å². The lowest BCUT2D eigenvalue weighted by Gasteiger charge is -2.15. The number of phenolic OH excluding ortho intramolecular Hbond substituents is 1. The summed E-state index contributed by atoms with van der Waals surface area (Å²) in [4.78, 5) is 41.0. The first-order valence-electron chi connectivity index (χ1n) is 6.98. The first kappa shape index (κ1) is 16.0. The van der Waals surface area contributed by atoms with Crippen LogP contribution in [-0.4, -0.2) is 38.2 Å². The summed E-state index contributed by atoms with van der Waals surface area (Å²) < 4.78 is 0. The standard InChI is InChI=1S/C16H12N2O5S/c19-10-5-3-9(4-6-10)18-13(20)8-12(15(18)21)24-14-11(16(22)23)2-1-7-17-14/h1-7,12,19H,8H2,(H,22,23)/t12-/m0/s1. The molecule has 122 valence electrons. The maximum Gasteiger partial charge on any atom is 0.338 e. The Kier molecular flexibility index (Phi) is 4.22. The summed E-state index contributed by atoms with van der Waals surface area (Å²) in [6.07, 6.45) is 1.40. The molecule has 1 aliphatic rings. The summed E-state index contributed by atoms with van der Waals surface area (Å²) in [5.74, 6) is -1.92. The zero-order chi connectivity index (χ0) is 17.3. The predicted octanol–water partition coefficient (Wildman–Crippen LogP) is 1.91. The molecule has 3 rings (SSSR count). The van der Waals surface area contributed by atoms with E-state index in [9.17, 15) is 24.6 Å². The highest BCUT2D eigenvalue weighted by Crippen LogP contribution is 2.34. The lowest BCUT2D eigenvalue weighted by Crippen LogP contribution is -2.31. The van der Waals surface area contributed by atoms with E-state index in [1.165, 1.54) is 42.6 Å². The molecule has 0 unspecified atom stereocenters. The third-order valence-corrected chi connectivity index (χ3v) is 4.67. The van der Waals surface area contributed by atoms with Crippen molar-refractivity contribution < 1.29 is 24.6 Å². The van der Waals surface area contributed by atoms with Gasteiger partial charge in [0, 0.05) is 12.6 Å². The topological polar surface area (TPSA) is 108 Å². The van der Waals surface area contributed by atoms with Crippen LogP contribution in [0.1, 0.15) is 16.8 Å². The van der Waals surface area contributed by atoms with Crippen molar-refractivity contribution in [2.45, 2.75) is 16.7 Å². The smallest absolute Gasteiger partial charge is 0.338 e. The quantitative estimate of drug-likeness (QED) is 0.816. The van der Waals surface area contributed by atoms with Gasteiger partial charge in [0.15, 0.2) is 0 Å². The summed E-state index contributed by atoms with van der Waals surface area (Å²) in [6, 6.07) is 8.62. The van der Waals surface area contributed by atoms with E-state index in [0.29, 0.717) is 5.69 Å². The van der Waals surface area contributed by atoms with Crippen LogP contribution in [0.25, 0.3) is 0 Å². The van der Waals surface area contributed by atoms with Crippen molar-refractivity contribution >= 4 is 35.2 Å². The van der Waals surface area contributed by atoms with E-state index in [-0.39, 0.29) is 28.7 Å². The lowest BCUT2D eigenvalue weighted by atomic mass is 10.3. The fraction of sp³-hybridized carbons (Fsp3) is 0.125. The number of hydrogen-bond donors (Lipinski definition) is 2. The van der Waals surface area contributed by atoms with Crippen LogP contribution >= 0.6 is 11.8 Å². The van der Waals surface area contributed by atoms with E-state index >= 15 is 0 Å². The number of phenols is 1. The molecule has 0 aliphatic carbocycles. The van der Waals surface area contributed by atoms with Gasteiger partial charge in [0.2, 0.25) is 11.8 Å². The van der Waals surface area contributed by atoms with Crippen molar-refractivity contribution in [3.63, 3.8) is 0 Å². The molecular formula is C16H12N2O5S. The number of carbonyl (C=O) groups is 3. The number of aromatic nitrogens is 1. The molecule has 1 aromatic heterocycles. The van der Waals surface area contributed by atoms with Crippen molar-refractivity contribution in [1.29, 1.82) is 0 Å². The first-order valence-corrected chi connectivity index (χ1v) is 7.86. The highest BCUT2D eigenvalue weighted by Gasteiger charge is 2.40. The Hall–Kier alpha value is -2.87. The average molecular weight is 344 g/mol. The zero-order valence-corrected chi connectivity index (χ0v) is 13.1. The van der Waals surface area contributed by atoms with Gasteiger partial charge in [0.05, 0.1) is 16.5 Å². The number of aromatic carboxylic acids is 1. The number of imide groups is 1. The molecule has 2 aromatic rings. The van der Waals surface area contributed by atoms with Gasteiger partial charge < -0.3 is 10.2 Å². The van der Waals surface area contributed by atoms with Crippen LogP contribution in [-0.2, 0) is 9.59 Å². The average Bonchev–Trinajstić information content (AvgIpc) is 2.83. The molecule has 2 heterocycles. The van der Waals surface area contributed by atoms with Gasteiger partial charge in [-0.05, 0) is 36.4 Å². The molecule has 1 atom stereocenters. The maximum absolute atomic E-state index is 12.5. The van der Waals surface area contributed by atoms with Crippen LogP contribution in [0, 0.1) is 0 Å². The number of nitrogens with zero attached hydrogens (tertiary/aromatic N) is 2. The van der Waals surface area contributed by atoms with Gasteiger partial charge in [-0.1, -0.05) is 11.8 Å². The highest BCUT2D eigenvalue weighted by atomic mass is 32.2. The van der Waals surface area contributed by atoms with E-state index in [0.717, 1.165) is 16.7 Å². The minimum atomic E-state index is -1.14. The molecule has 7 nitrogen and oxygen atoms in total. The van der Waals surface area contributed by atoms with Gasteiger partial charge >= 0.3 is 5.97 Å². The molecule has 24 heavy (non-hydrogen) atoms. The van der Waals surface area contributed by atoms with Crippen molar-refractivity contribution in [3.05, 3.63) is 48.2 Å². The van der Waals surface area contributed by atoms with Crippen LogP contribution < -0.4 is 4.90 Å². The number of thioether (sulfide) groups is 1. The Balaban J connectivity index is 1.85. The number of carboxylic acid groups (broad SMARTS) is 1. The summed E-state index contributed by atoms with van der Waals surface area (Å²) in [7, 11) is 0. The Morgan fingerprint density at radius 2 is 1.92 bits per heavy atom. The fourth-order valence-electron chi connectivity index (χ4n) is 2.35. The molecule has 0 radical (unpaired) electrons. The largest absolute Gasteiger partial charge is 0.508 e. The van der Waals surface area contributed by atoms with Crippen molar-refractivity contribution in [1.82, 2.24) is 4.98 Å². The fourth-order valence-corrected chi connectivity index (χ4v) is 3.46. The molecule has 0 spiro atoms. The second-order valence-corrected chi connectivity index (χ2v) is 6.25. The Labute approximate surface area is 140 Å². The number of rotatable bonds is 4. The number of hydrogen-bond acceptors (Lipinski definition) is 6. The van der Waals surface area contributed by atoms with Crippen LogP contribution in [0.15, 0.2) is 47.6 Å². The number of carboxylic acids is 1. The van der Waals surface area contributed by atoms with Gasteiger partial charge in [-0.25, -0.2) is 14.7 Å². The molecule has 1 fully saturated rings. The summed E-state index contributed by atoms with van der Waals surface area (Å²) in [5, 5.41) is 17.9. The minimum Gasteiger partial charge on any atom is -0.508 e. The number of carbonyl (C=O) groups excluding carboxylic acids is 2. The zero-order valence-electron chi connectivity index (χ0n) is 12.2. The number of pyridine rings is 1. The Morgan fingerprint density at radius 1 is 1.21 bits per heavy atom. The van der Waals surface area contributed by atoms with E-state index in [2.05, 4.69) is 4.98 Å². The first-order chi connectivity index (χ1) is 11.5. The minimum absolute atomic E-state index is 0.00849. The van der Waals surface area contributed by atoms with Gasteiger partial charge in [0.25, 0.3) is 0 Å².